The lowest BCUT2D eigenvalue weighted by atomic mass is 10.2. The summed E-state index contributed by atoms with van der Waals surface area (Å²) >= 11 is 0. The first kappa shape index (κ1) is 19.3. The van der Waals surface area contributed by atoms with E-state index in [1.54, 1.807) is 0 Å². The lowest BCUT2D eigenvalue weighted by molar-refractivity contribution is -0.135. The van der Waals surface area contributed by atoms with Crippen molar-refractivity contribution in [3.05, 3.63) is 0 Å². The highest BCUT2D eigenvalue weighted by Crippen LogP contribution is 2.04. The van der Waals surface area contributed by atoms with E-state index in [4.69, 9.17) is 0 Å². The van der Waals surface area contributed by atoms with Gasteiger partial charge in [-0.1, -0.05) is 0 Å². The van der Waals surface area contributed by atoms with Crippen LogP contribution in [0.2, 0.25) is 0 Å². The molecule has 1 rings (SSSR count). The Morgan fingerprint density at radius 2 is 2.06 bits per heavy atom. The van der Waals surface area contributed by atoms with Crippen LogP contribution in [-0.4, -0.2) is 61.0 Å². The van der Waals surface area contributed by atoms with Gasteiger partial charge in [0.25, 0.3) is 0 Å². The van der Waals surface area contributed by atoms with Gasteiger partial charge < -0.3 is 10.2 Å². The first-order valence-electron chi connectivity index (χ1n) is 5.72. The molecule has 1 saturated heterocycles. The number of rotatable bonds is 3. The second-order valence-electron chi connectivity index (χ2n) is 4.65. The van der Waals surface area contributed by atoms with Crippen LogP contribution in [0.4, 0.5) is 0 Å². The zero-order chi connectivity index (χ0) is 11.4. The summed E-state index contributed by atoms with van der Waals surface area (Å²) in [7, 11) is 2.00. The number of piperazine rings is 1. The van der Waals surface area contributed by atoms with Crippen molar-refractivity contribution in [2.75, 3.05) is 33.2 Å². The molecule has 1 atom stereocenters. The summed E-state index contributed by atoms with van der Waals surface area (Å²) in [5.74, 6) is 0.250. The van der Waals surface area contributed by atoms with Crippen LogP contribution < -0.4 is 5.32 Å². The minimum Gasteiger partial charge on any atom is -0.336 e. The molecule has 0 aliphatic carbocycles. The summed E-state index contributed by atoms with van der Waals surface area (Å²) in [5, 5.41) is 3.29. The molecule has 1 aliphatic rings. The van der Waals surface area contributed by atoms with Crippen molar-refractivity contribution < 1.29 is 4.79 Å². The van der Waals surface area contributed by atoms with Crippen molar-refractivity contribution in [3.8, 4) is 0 Å². The van der Waals surface area contributed by atoms with Gasteiger partial charge in [-0.25, -0.2) is 0 Å². The number of halogens is 2. The molecule has 0 aromatic rings. The largest absolute Gasteiger partial charge is 0.336 e. The molecule has 1 fully saturated rings. The van der Waals surface area contributed by atoms with Crippen molar-refractivity contribution >= 4 is 30.7 Å². The molecule has 1 amide bonds. The molecule has 1 N–H and O–H groups in total. The maximum absolute atomic E-state index is 12.0. The fourth-order valence-electron chi connectivity index (χ4n) is 1.70. The molecule has 4 nitrogen and oxygen atoms in total. The summed E-state index contributed by atoms with van der Waals surface area (Å²) in [6.45, 7) is 9.51. The van der Waals surface area contributed by atoms with Crippen LogP contribution in [0.25, 0.3) is 0 Å². The molecule has 0 saturated carbocycles. The molecule has 0 bridgehead atoms. The van der Waals surface area contributed by atoms with Gasteiger partial charge in [0.05, 0.1) is 6.54 Å². The van der Waals surface area contributed by atoms with Crippen LogP contribution in [0.15, 0.2) is 0 Å². The number of hydrogen-bond donors (Lipinski definition) is 1. The molecule has 104 valence electrons. The zero-order valence-electron chi connectivity index (χ0n) is 11.1. The third-order valence-corrected chi connectivity index (χ3v) is 3.09. The highest BCUT2D eigenvalue weighted by atomic mass is 35.5. The maximum Gasteiger partial charge on any atom is 0.237 e. The minimum absolute atomic E-state index is 0. The predicted molar refractivity (Wildman–Crippen MR) is 76.3 cm³/mol. The smallest absolute Gasteiger partial charge is 0.237 e. The van der Waals surface area contributed by atoms with E-state index in [9.17, 15) is 4.79 Å². The van der Waals surface area contributed by atoms with Crippen LogP contribution in [0.5, 0.6) is 0 Å². The molecule has 1 heterocycles. The Morgan fingerprint density at radius 1 is 1.47 bits per heavy atom. The van der Waals surface area contributed by atoms with Gasteiger partial charge in [-0.3, -0.25) is 9.69 Å². The molecule has 0 aromatic carbocycles. The van der Waals surface area contributed by atoms with Crippen LogP contribution >= 0.6 is 24.8 Å². The minimum atomic E-state index is 0. The molecule has 0 radical (unpaired) electrons. The van der Waals surface area contributed by atoms with E-state index in [1.807, 2.05) is 11.9 Å². The first-order chi connectivity index (χ1) is 7.02. The highest BCUT2D eigenvalue weighted by molar-refractivity contribution is 5.85. The molecule has 1 aliphatic heterocycles. The Bertz CT molecular complexity index is 227. The van der Waals surface area contributed by atoms with Crippen molar-refractivity contribution in [1.29, 1.82) is 0 Å². The number of likely N-dealkylation sites (N-methyl/N-ethyl adjacent to an activating group) is 1. The topological polar surface area (TPSA) is 35.6 Å². The van der Waals surface area contributed by atoms with E-state index in [2.05, 4.69) is 31.0 Å². The molecule has 1 unspecified atom stereocenters. The quantitative estimate of drug-likeness (QED) is 0.840. The van der Waals surface area contributed by atoms with Gasteiger partial charge in [-0.2, -0.15) is 0 Å². The number of amides is 1. The summed E-state index contributed by atoms with van der Waals surface area (Å²) < 4.78 is 0. The number of carbonyl (C=O) groups is 1. The standard InChI is InChI=1S/C11H23N3O.2ClH/c1-9(2)13(4)8-11(15)14-6-5-12-7-10(14)3;;/h9-10,12H,5-8H2,1-4H3;2*1H. The van der Waals surface area contributed by atoms with E-state index in [0.29, 0.717) is 18.6 Å². The van der Waals surface area contributed by atoms with Crippen molar-refractivity contribution in [1.82, 2.24) is 15.1 Å². The predicted octanol–water partition coefficient (Wildman–Crippen LogP) is 0.990. The van der Waals surface area contributed by atoms with E-state index in [0.717, 1.165) is 19.6 Å². The zero-order valence-corrected chi connectivity index (χ0v) is 12.7. The van der Waals surface area contributed by atoms with Crippen molar-refractivity contribution in [2.45, 2.75) is 32.9 Å². The maximum atomic E-state index is 12.0. The van der Waals surface area contributed by atoms with Crippen LogP contribution in [0.1, 0.15) is 20.8 Å². The Hall–Kier alpha value is -0.0300. The van der Waals surface area contributed by atoms with E-state index in [-0.39, 0.29) is 30.7 Å². The lowest BCUT2D eigenvalue weighted by Crippen LogP contribution is -2.54. The Labute approximate surface area is 117 Å². The summed E-state index contributed by atoms with van der Waals surface area (Å²) in [6.07, 6.45) is 0. The van der Waals surface area contributed by atoms with Gasteiger partial charge in [0, 0.05) is 31.7 Å². The summed E-state index contributed by atoms with van der Waals surface area (Å²) in [4.78, 5) is 16.0. The monoisotopic (exact) mass is 285 g/mol. The second kappa shape index (κ2) is 8.97. The number of hydrogen-bond acceptors (Lipinski definition) is 3. The fraction of sp³-hybridized carbons (Fsp3) is 0.909. The van der Waals surface area contributed by atoms with E-state index >= 15 is 0 Å². The lowest BCUT2D eigenvalue weighted by Gasteiger charge is -2.35. The van der Waals surface area contributed by atoms with Gasteiger partial charge >= 0.3 is 0 Å². The molecule has 17 heavy (non-hydrogen) atoms. The van der Waals surface area contributed by atoms with Crippen LogP contribution in [0, 0.1) is 0 Å². The third kappa shape index (κ3) is 5.91. The number of carbonyl (C=O) groups excluding carboxylic acids is 1. The normalized spacial score (nSPS) is 19.9. The molecule has 6 heteroatoms. The summed E-state index contributed by atoms with van der Waals surface area (Å²) in [5.41, 5.74) is 0. The average molecular weight is 286 g/mol. The van der Waals surface area contributed by atoms with E-state index < -0.39 is 0 Å². The highest BCUT2D eigenvalue weighted by Gasteiger charge is 2.23. The first-order valence-corrected chi connectivity index (χ1v) is 5.72. The van der Waals surface area contributed by atoms with Crippen molar-refractivity contribution in [2.24, 2.45) is 0 Å². The molecule has 0 spiro atoms. The fourth-order valence-corrected chi connectivity index (χ4v) is 1.70. The van der Waals surface area contributed by atoms with Gasteiger partial charge in [-0.05, 0) is 27.8 Å². The SMILES string of the molecule is CC(C)N(C)CC(=O)N1CCNCC1C.Cl.Cl. The van der Waals surface area contributed by atoms with E-state index in [1.165, 1.54) is 0 Å². The molecule has 0 aromatic heterocycles. The Kier molecular flexibility index (Phi) is 10.2. The van der Waals surface area contributed by atoms with Gasteiger partial charge in [0.1, 0.15) is 0 Å². The second-order valence-corrected chi connectivity index (χ2v) is 4.65. The van der Waals surface area contributed by atoms with Crippen molar-refractivity contribution in [3.63, 3.8) is 0 Å². The van der Waals surface area contributed by atoms with Gasteiger partial charge in [0.15, 0.2) is 0 Å². The molecular weight excluding hydrogens is 261 g/mol. The summed E-state index contributed by atoms with van der Waals surface area (Å²) in [6, 6.07) is 0.749. The third-order valence-electron chi connectivity index (χ3n) is 3.09. The number of nitrogens with one attached hydrogen (secondary N) is 1. The van der Waals surface area contributed by atoms with Gasteiger partial charge in [-0.15, -0.1) is 24.8 Å². The number of nitrogens with zero attached hydrogens (tertiary/aromatic N) is 2. The Balaban J connectivity index is 0. The van der Waals surface area contributed by atoms with Crippen LogP contribution in [-0.2, 0) is 4.79 Å². The Morgan fingerprint density at radius 3 is 2.53 bits per heavy atom. The van der Waals surface area contributed by atoms with Gasteiger partial charge in [0.2, 0.25) is 5.91 Å². The van der Waals surface area contributed by atoms with Crippen LogP contribution in [0.3, 0.4) is 0 Å². The molecular formula is C11H25Cl2N3O. The average Bonchev–Trinajstić information content (AvgIpc) is 2.18.